The first-order valence-electron chi connectivity index (χ1n) is 4.15. The van der Waals surface area contributed by atoms with Gasteiger partial charge >= 0.3 is 0 Å². The van der Waals surface area contributed by atoms with Crippen LogP contribution in [0.1, 0.15) is 13.3 Å². The van der Waals surface area contributed by atoms with Crippen molar-refractivity contribution in [1.29, 1.82) is 0 Å². The first-order valence-corrected chi connectivity index (χ1v) is 5.80. The second-order valence-electron chi connectivity index (χ2n) is 2.78. The zero-order valence-corrected chi connectivity index (χ0v) is 8.51. The van der Waals surface area contributed by atoms with Crippen LogP contribution in [0.15, 0.2) is 18.5 Å². The van der Waals surface area contributed by atoms with E-state index < -0.39 is 15.8 Å². The lowest BCUT2D eigenvalue weighted by atomic mass is 10.4. The number of nitrogens with zero attached hydrogens (tertiary/aromatic N) is 1. The van der Waals surface area contributed by atoms with Crippen molar-refractivity contribution < 1.29 is 12.8 Å². The number of aromatic nitrogens is 1. The highest BCUT2D eigenvalue weighted by Gasteiger charge is 2.11. The second-order valence-corrected chi connectivity index (χ2v) is 4.62. The molecule has 14 heavy (non-hydrogen) atoms. The maximum absolute atomic E-state index is 13.0. The van der Waals surface area contributed by atoms with Gasteiger partial charge in [-0.05, 0) is 12.5 Å². The Hall–Kier alpha value is -1.17. The van der Waals surface area contributed by atoms with E-state index in [9.17, 15) is 12.8 Å². The first-order chi connectivity index (χ1) is 6.55. The fourth-order valence-electron chi connectivity index (χ4n) is 0.945. The van der Waals surface area contributed by atoms with Gasteiger partial charge in [-0.1, -0.05) is 6.92 Å². The van der Waals surface area contributed by atoms with E-state index in [1.54, 1.807) is 6.92 Å². The Kier molecular flexibility index (Phi) is 3.40. The van der Waals surface area contributed by atoms with Crippen LogP contribution >= 0.6 is 0 Å². The van der Waals surface area contributed by atoms with Crippen LogP contribution < -0.4 is 4.72 Å². The fourth-order valence-corrected chi connectivity index (χ4v) is 2.09. The average Bonchev–Trinajstić information content (AvgIpc) is 2.08. The van der Waals surface area contributed by atoms with Crippen molar-refractivity contribution in [1.82, 2.24) is 4.98 Å². The van der Waals surface area contributed by atoms with Crippen LogP contribution in [0, 0.1) is 5.82 Å². The van der Waals surface area contributed by atoms with Crippen molar-refractivity contribution in [3.63, 3.8) is 0 Å². The van der Waals surface area contributed by atoms with Gasteiger partial charge in [-0.2, -0.15) is 0 Å². The van der Waals surface area contributed by atoms with Crippen LogP contribution in [-0.4, -0.2) is 19.2 Å². The van der Waals surface area contributed by atoms with Gasteiger partial charge in [-0.25, -0.2) is 12.8 Å². The molecule has 0 amide bonds. The molecule has 1 N–H and O–H groups in total. The molecule has 0 aromatic carbocycles. The molecule has 0 saturated heterocycles. The van der Waals surface area contributed by atoms with Gasteiger partial charge in [-0.3, -0.25) is 9.71 Å². The molecule has 0 radical (unpaired) electrons. The van der Waals surface area contributed by atoms with Crippen molar-refractivity contribution in [3.8, 4) is 0 Å². The largest absolute Gasteiger partial charge is 0.280 e. The summed E-state index contributed by atoms with van der Waals surface area (Å²) in [6.45, 7) is 1.74. The smallest absolute Gasteiger partial charge is 0.232 e. The van der Waals surface area contributed by atoms with E-state index >= 15 is 0 Å². The SMILES string of the molecule is CCCS(=O)(=O)Nc1ccncc1F. The quantitative estimate of drug-likeness (QED) is 0.830. The summed E-state index contributed by atoms with van der Waals surface area (Å²) in [4.78, 5) is 3.51. The van der Waals surface area contributed by atoms with Gasteiger partial charge in [0.15, 0.2) is 5.82 Å². The van der Waals surface area contributed by atoms with Crippen molar-refractivity contribution in [3.05, 3.63) is 24.3 Å². The highest BCUT2D eigenvalue weighted by atomic mass is 32.2. The van der Waals surface area contributed by atoms with E-state index in [4.69, 9.17) is 0 Å². The van der Waals surface area contributed by atoms with Crippen molar-refractivity contribution in [2.75, 3.05) is 10.5 Å². The zero-order valence-electron chi connectivity index (χ0n) is 7.70. The third-order valence-electron chi connectivity index (χ3n) is 1.51. The Morgan fingerprint density at radius 3 is 2.86 bits per heavy atom. The van der Waals surface area contributed by atoms with Crippen LogP contribution in [0.3, 0.4) is 0 Å². The highest BCUT2D eigenvalue weighted by molar-refractivity contribution is 7.92. The number of pyridine rings is 1. The Morgan fingerprint density at radius 1 is 1.57 bits per heavy atom. The molecule has 0 fully saturated rings. The number of rotatable bonds is 4. The first kappa shape index (κ1) is 10.9. The van der Waals surface area contributed by atoms with E-state index in [1.165, 1.54) is 12.3 Å². The second kappa shape index (κ2) is 4.36. The molecule has 0 saturated carbocycles. The maximum Gasteiger partial charge on any atom is 0.232 e. The molecule has 0 unspecified atom stereocenters. The Labute approximate surface area is 82.2 Å². The molecule has 6 heteroatoms. The highest BCUT2D eigenvalue weighted by Crippen LogP contribution is 2.12. The van der Waals surface area contributed by atoms with Crippen LogP contribution in [0.25, 0.3) is 0 Å². The molecule has 0 atom stereocenters. The summed E-state index contributed by atoms with van der Waals surface area (Å²) in [5, 5.41) is 0. The van der Waals surface area contributed by atoms with Gasteiger partial charge in [0, 0.05) is 6.20 Å². The molecule has 0 spiro atoms. The fraction of sp³-hybridized carbons (Fsp3) is 0.375. The van der Waals surface area contributed by atoms with Crippen molar-refractivity contribution in [2.24, 2.45) is 0 Å². The predicted molar refractivity (Wildman–Crippen MR) is 51.9 cm³/mol. The average molecular weight is 218 g/mol. The van der Waals surface area contributed by atoms with Crippen LogP contribution in [0.5, 0.6) is 0 Å². The number of halogens is 1. The monoisotopic (exact) mass is 218 g/mol. The standard InChI is InChI=1S/C8H11FN2O2S/c1-2-5-14(12,13)11-8-3-4-10-6-7(8)9/h3-4,6H,2,5H2,1H3,(H,10,11). The van der Waals surface area contributed by atoms with Gasteiger partial charge < -0.3 is 0 Å². The van der Waals surface area contributed by atoms with E-state index in [0.29, 0.717) is 6.42 Å². The molecule has 0 bridgehead atoms. The molecule has 0 aliphatic heterocycles. The summed E-state index contributed by atoms with van der Waals surface area (Å²) in [6, 6.07) is 1.28. The normalized spacial score (nSPS) is 11.3. The van der Waals surface area contributed by atoms with Crippen molar-refractivity contribution in [2.45, 2.75) is 13.3 Å². The summed E-state index contributed by atoms with van der Waals surface area (Å²) in [6.07, 6.45) is 2.78. The van der Waals surface area contributed by atoms with Gasteiger partial charge in [0.25, 0.3) is 0 Å². The van der Waals surface area contributed by atoms with Gasteiger partial charge in [0.05, 0.1) is 17.6 Å². The van der Waals surface area contributed by atoms with E-state index in [1.807, 2.05) is 0 Å². The lowest BCUT2D eigenvalue weighted by molar-refractivity contribution is 0.596. The predicted octanol–water partition coefficient (Wildman–Crippen LogP) is 1.37. The molecular weight excluding hydrogens is 207 g/mol. The molecule has 0 aliphatic carbocycles. The minimum atomic E-state index is -3.42. The van der Waals surface area contributed by atoms with E-state index in [-0.39, 0.29) is 11.4 Å². The molecule has 1 aromatic heterocycles. The minimum Gasteiger partial charge on any atom is -0.280 e. The Bertz CT molecular complexity index is 406. The molecule has 0 aliphatic rings. The minimum absolute atomic E-state index is 0.0191. The summed E-state index contributed by atoms with van der Waals surface area (Å²) >= 11 is 0. The number of hydrogen-bond donors (Lipinski definition) is 1. The summed E-state index contributed by atoms with van der Waals surface area (Å²) in [5.74, 6) is -0.693. The summed E-state index contributed by atoms with van der Waals surface area (Å²) < 4.78 is 37.6. The number of anilines is 1. The van der Waals surface area contributed by atoms with Gasteiger partial charge in [0.2, 0.25) is 10.0 Å². The summed E-state index contributed by atoms with van der Waals surface area (Å²) in [7, 11) is -3.42. The topological polar surface area (TPSA) is 59.1 Å². The summed E-state index contributed by atoms with van der Waals surface area (Å²) in [5.41, 5.74) is -0.0616. The molecular formula is C8H11FN2O2S. The molecule has 4 nitrogen and oxygen atoms in total. The Morgan fingerprint density at radius 2 is 2.29 bits per heavy atom. The molecule has 1 aromatic rings. The molecule has 1 rings (SSSR count). The van der Waals surface area contributed by atoms with Gasteiger partial charge in [0.1, 0.15) is 0 Å². The van der Waals surface area contributed by atoms with Crippen LogP contribution in [-0.2, 0) is 10.0 Å². The number of nitrogens with one attached hydrogen (secondary N) is 1. The van der Waals surface area contributed by atoms with Crippen LogP contribution in [0.2, 0.25) is 0 Å². The van der Waals surface area contributed by atoms with E-state index in [0.717, 1.165) is 6.20 Å². The van der Waals surface area contributed by atoms with Crippen molar-refractivity contribution >= 4 is 15.7 Å². The zero-order chi connectivity index (χ0) is 10.6. The molecule has 1 heterocycles. The lowest BCUT2D eigenvalue weighted by Crippen LogP contribution is -2.16. The lowest BCUT2D eigenvalue weighted by Gasteiger charge is -2.06. The third kappa shape index (κ3) is 2.95. The third-order valence-corrected chi connectivity index (χ3v) is 2.99. The van der Waals surface area contributed by atoms with Crippen LogP contribution in [0.4, 0.5) is 10.1 Å². The molecule has 78 valence electrons. The number of hydrogen-bond acceptors (Lipinski definition) is 3. The van der Waals surface area contributed by atoms with E-state index in [2.05, 4.69) is 9.71 Å². The number of sulfonamides is 1. The maximum atomic E-state index is 13.0. The van der Waals surface area contributed by atoms with Gasteiger partial charge in [-0.15, -0.1) is 0 Å². The Balaban J connectivity index is 2.84.